The van der Waals surface area contributed by atoms with Gasteiger partial charge in [-0.2, -0.15) is 5.26 Å². The van der Waals surface area contributed by atoms with Crippen molar-refractivity contribution in [3.8, 4) is 6.07 Å². The highest BCUT2D eigenvalue weighted by Gasteiger charge is 2.33. The van der Waals surface area contributed by atoms with Gasteiger partial charge in [-0.25, -0.2) is 4.79 Å². The Kier molecular flexibility index (Phi) is 6.40. The first-order valence-corrected chi connectivity index (χ1v) is 9.47. The number of benzene rings is 1. The van der Waals surface area contributed by atoms with E-state index in [1.54, 1.807) is 6.92 Å². The van der Waals surface area contributed by atoms with E-state index < -0.39 is 23.5 Å². The van der Waals surface area contributed by atoms with E-state index in [1.165, 1.54) is 6.92 Å². The number of esters is 1. The Labute approximate surface area is 165 Å². The number of hydrogen-bond donors (Lipinski definition) is 1. The Hall–Kier alpha value is -2.94. The van der Waals surface area contributed by atoms with Crippen molar-refractivity contribution in [1.29, 1.82) is 5.26 Å². The molecule has 28 heavy (non-hydrogen) atoms. The molecule has 0 unspecified atom stereocenters. The highest BCUT2D eigenvalue weighted by molar-refractivity contribution is 6.05. The molecule has 0 aliphatic rings. The van der Waals surface area contributed by atoms with E-state index >= 15 is 0 Å². The van der Waals surface area contributed by atoms with Crippen LogP contribution in [0.1, 0.15) is 56.2 Å². The van der Waals surface area contributed by atoms with Crippen LogP contribution in [0.15, 0.2) is 24.3 Å². The lowest BCUT2D eigenvalue weighted by Gasteiger charge is -2.28. The van der Waals surface area contributed by atoms with Crippen molar-refractivity contribution in [2.24, 2.45) is 5.92 Å². The normalized spacial score (nSPS) is 14.2. The van der Waals surface area contributed by atoms with Crippen LogP contribution in [0.2, 0.25) is 0 Å². The fourth-order valence-corrected chi connectivity index (χ4v) is 2.90. The number of aromatic nitrogens is 1. The standard InChI is InChI=1S/C22H27N3O3/c1-7-17-14(4)19(16-10-8-9-11-18(16)24-17)21(27)28-15(5)20(26)25-22(6,12-23)13(2)3/h8-11,13,15H,7H2,1-6H3,(H,25,26)/t15-,22-/m1/s1. The molecule has 0 spiro atoms. The molecule has 6 heteroatoms. The molecule has 1 heterocycles. The minimum atomic E-state index is -1.04. The van der Waals surface area contributed by atoms with Gasteiger partial charge < -0.3 is 10.1 Å². The average molecular weight is 381 g/mol. The summed E-state index contributed by atoms with van der Waals surface area (Å²) in [5.41, 5.74) is 1.68. The highest BCUT2D eigenvalue weighted by atomic mass is 16.5. The summed E-state index contributed by atoms with van der Waals surface area (Å²) in [6.45, 7) is 10.7. The fourth-order valence-electron chi connectivity index (χ4n) is 2.90. The summed E-state index contributed by atoms with van der Waals surface area (Å²) in [4.78, 5) is 30.1. The molecule has 148 valence electrons. The Morgan fingerprint density at radius 3 is 2.50 bits per heavy atom. The number of amides is 1. The number of ether oxygens (including phenoxy) is 1. The predicted octanol–water partition coefficient (Wildman–Crippen LogP) is 3.71. The lowest BCUT2D eigenvalue weighted by Crippen LogP contribution is -2.52. The van der Waals surface area contributed by atoms with Crippen LogP contribution in [0.5, 0.6) is 0 Å². The van der Waals surface area contributed by atoms with Gasteiger partial charge in [0, 0.05) is 11.1 Å². The quantitative estimate of drug-likeness (QED) is 0.770. The maximum absolute atomic E-state index is 12.9. The summed E-state index contributed by atoms with van der Waals surface area (Å²) in [7, 11) is 0. The van der Waals surface area contributed by atoms with Gasteiger partial charge in [0.1, 0.15) is 5.54 Å². The van der Waals surface area contributed by atoms with E-state index in [0.29, 0.717) is 22.9 Å². The van der Waals surface area contributed by atoms with Gasteiger partial charge in [0.2, 0.25) is 0 Å². The molecule has 0 aliphatic carbocycles. The molecule has 0 bridgehead atoms. The lowest BCUT2D eigenvalue weighted by atomic mass is 9.90. The molecule has 1 amide bonds. The smallest absolute Gasteiger partial charge is 0.339 e. The fraction of sp³-hybridized carbons (Fsp3) is 0.455. The van der Waals surface area contributed by atoms with E-state index in [0.717, 1.165) is 11.3 Å². The third-order valence-corrected chi connectivity index (χ3v) is 5.20. The summed E-state index contributed by atoms with van der Waals surface area (Å²) in [6, 6.07) is 9.49. The van der Waals surface area contributed by atoms with Gasteiger partial charge in [-0.05, 0) is 44.7 Å². The Morgan fingerprint density at radius 2 is 1.93 bits per heavy atom. The first-order chi connectivity index (χ1) is 13.1. The van der Waals surface area contributed by atoms with Gasteiger partial charge in [-0.1, -0.05) is 39.0 Å². The van der Waals surface area contributed by atoms with E-state index in [9.17, 15) is 14.9 Å². The summed E-state index contributed by atoms with van der Waals surface area (Å²) in [6.07, 6.45) is -0.350. The molecular formula is C22H27N3O3. The third-order valence-electron chi connectivity index (χ3n) is 5.20. The highest BCUT2D eigenvalue weighted by Crippen LogP contribution is 2.25. The number of carbonyl (C=O) groups excluding carboxylic acids is 2. The molecule has 6 nitrogen and oxygen atoms in total. The SMILES string of the molecule is CCc1nc2ccccc2c(C(=O)O[C@H](C)C(=O)N[C@](C)(C#N)C(C)C)c1C. The summed E-state index contributed by atoms with van der Waals surface area (Å²) in [5, 5.41) is 12.8. The molecule has 0 aliphatic heterocycles. The Morgan fingerprint density at radius 1 is 1.29 bits per heavy atom. The molecule has 0 saturated heterocycles. The number of para-hydroxylation sites is 1. The van der Waals surface area contributed by atoms with Crippen molar-refractivity contribution in [2.75, 3.05) is 0 Å². The molecule has 0 radical (unpaired) electrons. The minimum absolute atomic E-state index is 0.0946. The largest absolute Gasteiger partial charge is 0.449 e. The van der Waals surface area contributed by atoms with Gasteiger partial charge in [0.05, 0.1) is 17.1 Å². The predicted molar refractivity (Wildman–Crippen MR) is 108 cm³/mol. The van der Waals surface area contributed by atoms with Crippen LogP contribution in [0.25, 0.3) is 10.9 Å². The van der Waals surface area contributed by atoms with Crippen LogP contribution in [0.4, 0.5) is 0 Å². The average Bonchev–Trinajstić information content (AvgIpc) is 2.66. The number of hydrogen-bond acceptors (Lipinski definition) is 5. The molecule has 1 aromatic carbocycles. The second kappa shape index (κ2) is 8.39. The second-order valence-corrected chi connectivity index (χ2v) is 7.43. The molecule has 0 saturated carbocycles. The first-order valence-electron chi connectivity index (χ1n) is 9.47. The van der Waals surface area contributed by atoms with E-state index in [1.807, 2.05) is 52.0 Å². The van der Waals surface area contributed by atoms with Gasteiger partial charge >= 0.3 is 5.97 Å². The molecule has 1 aromatic heterocycles. The van der Waals surface area contributed by atoms with Crippen molar-refractivity contribution in [1.82, 2.24) is 10.3 Å². The van der Waals surface area contributed by atoms with Crippen LogP contribution in [0.3, 0.4) is 0 Å². The topological polar surface area (TPSA) is 92.1 Å². The number of fused-ring (bicyclic) bond motifs is 1. The summed E-state index contributed by atoms with van der Waals surface area (Å²) in [5.74, 6) is -1.17. The van der Waals surface area contributed by atoms with Crippen molar-refractivity contribution < 1.29 is 14.3 Å². The van der Waals surface area contributed by atoms with Crippen LogP contribution in [0, 0.1) is 24.2 Å². The van der Waals surface area contributed by atoms with E-state index in [4.69, 9.17) is 4.74 Å². The number of nitrogens with zero attached hydrogens (tertiary/aromatic N) is 2. The Balaban J connectivity index is 2.31. The van der Waals surface area contributed by atoms with Crippen molar-refractivity contribution in [3.05, 3.63) is 41.1 Å². The molecule has 0 fully saturated rings. The molecule has 2 rings (SSSR count). The van der Waals surface area contributed by atoms with Crippen molar-refractivity contribution in [2.45, 2.75) is 59.6 Å². The van der Waals surface area contributed by atoms with Gasteiger partial charge in [0.15, 0.2) is 6.10 Å². The maximum Gasteiger partial charge on any atom is 0.339 e. The number of carbonyl (C=O) groups is 2. The third kappa shape index (κ3) is 4.14. The molecular weight excluding hydrogens is 354 g/mol. The number of pyridine rings is 1. The maximum atomic E-state index is 12.9. The molecule has 1 N–H and O–H groups in total. The number of nitrogens with one attached hydrogen (secondary N) is 1. The van der Waals surface area contributed by atoms with E-state index in [-0.39, 0.29) is 5.92 Å². The zero-order chi connectivity index (χ0) is 21.1. The lowest BCUT2D eigenvalue weighted by molar-refractivity contribution is -0.130. The minimum Gasteiger partial charge on any atom is -0.449 e. The van der Waals surface area contributed by atoms with E-state index in [2.05, 4.69) is 16.4 Å². The number of rotatable bonds is 6. The summed E-state index contributed by atoms with van der Waals surface area (Å²) < 4.78 is 5.47. The Bertz CT molecular complexity index is 946. The van der Waals surface area contributed by atoms with Crippen molar-refractivity contribution in [3.63, 3.8) is 0 Å². The van der Waals surface area contributed by atoms with Crippen LogP contribution >= 0.6 is 0 Å². The van der Waals surface area contributed by atoms with Crippen LogP contribution in [-0.4, -0.2) is 28.5 Å². The molecule has 2 atom stereocenters. The van der Waals surface area contributed by atoms with Crippen LogP contribution in [-0.2, 0) is 16.0 Å². The number of aryl methyl sites for hydroxylation is 1. The van der Waals surface area contributed by atoms with Gasteiger partial charge in [-0.15, -0.1) is 0 Å². The zero-order valence-corrected chi connectivity index (χ0v) is 17.3. The van der Waals surface area contributed by atoms with Crippen LogP contribution < -0.4 is 5.32 Å². The second-order valence-electron chi connectivity index (χ2n) is 7.43. The number of nitriles is 1. The zero-order valence-electron chi connectivity index (χ0n) is 17.3. The molecule has 2 aromatic rings. The van der Waals surface area contributed by atoms with Crippen molar-refractivity contribution >= 4 is 22.8 Å². The van der Waals surface area contributed by atoms with Gasteiger partial charge in [0.25, 0.3) is 5.91 Å². The monoisotopic (exact) mass is 381 g/mol. The first kappa shape index (κ1) is 21.4. The summed E-state index contributed by atoms with van der Waals surface area (Å²) >= 11 is 0. The van der Waals surface area contributed by atoms with Gasteiger partial charge in [-0.3, -0.25) is 9.78 Å².